The van der Waals surface area contributed by atoms with E-state index in [4.69, 9.17) is 4.74 Å². The Morgan fingerprint density at radius 1 is 1.11 bits per heavy atom. The van der Waals surface area contributed by atoms with Gasteiger partial charge < -0.3 is 8.97 Å². The standard InChI is InChI=1S/C13H27NO2Si2/c1-17(2)9-10-18(3,4)14(17)12-7-5-6-8-13(15)16-11-12/h12H,5-11H2,1-4H3. The quantitative estimate of drug-likeness (QED) is 0.547. The number of nitrogens with zero attached hydrogens (tertiary/aromatic N) is 1. The van der Waals surface area contributed by atoms with Crippen molar-refractivity contribution in [2.24, 2.45) is 0 Å². The van der Waals surface area contributed by atoms with Gasteiger partial charge in [-0.15, -0.1) is 0 Å². The molecular weight excluding hydrogens is 258 g/mol. The summed E-state index contributed by atoms with van der Waals surface area (Å²) in [5, 5.41) is 0. The maximum Gasteiger partial charge on any atom is 0.305 e. The molecule has 2 aliphatic rings. The van der Waals surface area contributed by atoms with Crippen molar-refractivity contribution in [3.63, 3.8) is 0 Å². The van der Waals surface area contributed by atoms with E-state index in [0.717, 1.165) is 6.42 Å². The van der Waals surface area contributed by atoms with Gasteiger partial charge >= 0.3 is 5.97 Å². The Kier molecular flexibility index (Phi) is 4.04. The predicted molar refractivity (Wildman–Crippen MR) is 79.6 cm³/mol. The third-order valence-electron chi connectivity index (χ3n) is 4.62. The van der Waals surface area contributed by atoms with Gasteiger partial charge in [-0.3, -0.25) is 4.79 Å². The molecule has 104 valence electrons. The number of hydrogen-bond donors (Lipinski definition) is 0. The molecule has 2 rings (SSSR count). The second-order valence-corrected chi connectivity index (χ2v) is 16.7. The maximum absolute atomic E-state index is 11.5. The summed E-state index contributed by atoms with van der Waals surface area (Å²) in [6, 6.07) is 3.37. The molecule has 0 aliphatic carbocycles. The van der Waals surface area contributed by atoms with E-state index < -0.39 is 16.5 Å². The molecule has 2 aliphatic heterocycles. The van der Waals surface area contributed by atoms with E-state index in [0.29, 0.717) is 19.1 Å². The van der Waals surface area contributed by atoms with Crippen LogP contribution >= 0.6 is 0 Å². The molecule has 18 heavy (non-hydrogen) atoms. The Balaban J connectivity index is 2.14. The van der Waals surface area contributed by atoms with Crippen LogP contribution in [0, 0.1) is 0 Å². The van der Waals surface area contributed by atoms with E-state index in [-0.39, 0.29) is 5.97 Å². The van der Waals surface area contributed by atoms with E-state index in [1.165, 1.54) is 24.9 Å². The summed E-state index contributed by atoms with van der Waals surface area (Å²) < 4.78 is 8.35. The molecule has 0 radical (unpaired) electrons. The molecule has 1 atom stereocenters. The van der Waals surface area contributed by atoms with Crippen LogP contribution in [0.2, 0.25) is 38.3 Å². The summed E-state index contributed by atoms with van der Waals surface area (Å²) >= 11 is 0. The summed E-state index contributed by atoms with van der Waals surface area (Å²) in [6.45, 7) is 10.6. The highest BCUT2D eigenvalue weighted by molar-refractivity contribution is 6.95. The minimum absolute atomic E-state index is 0.0119. The minimum atomic E-state index is -1.25. The zero-order valence-electron chi connectivity index (χ0n) is 12.3. The highest BCUT2D eigenvalue weighted by Gasteiger charge is 2.50. The van der Waals surface area contributed by atoms with Gasteiger partial charge in [-0.1, -0.05) is 32.6 Å². The fourth-order valence-corrected chi connectivity index (χ4v) is 18.8. The van der Waals surface area contributed by atoms with E-state index in [2.05, 4.69) is 30.4 Å². The summed E-state index contributed by atoms with van der Waals surface area (Å²) in [4.78, 5) is 11.5. The van der Waals surface area contributed by atoms with Gasteiger partial charge in [-0.05, 0) is 24.9 Å². The number of carbonyl (C=O) groups is 1. The van der Waals surface area contributed by atoms with Crippen molar-refractivity contribution >= 4 is 22.4 Å². The lowest BCUT2D eigenvalue weighted by Crippen LogP contribution is -2.61. The molecule has 0 aromatic heterocycles. The molecule has 0 bridgehead atoms. The average molecular weight is 286 g/mol. The summed E-state index contributed by atoms with van der Waals surface area (Å²) in [5.41, 5.74) is 0. The number of cyclic esters (lactones) is 1. The van der Waals surface area contributed by atoms with E-state index in [9.17, 15) is 4.79 Å². The van der Waals surface area contributed by atoms with Crippen LogP contribution in [0.4, 0.5) is 0 Å². The Labute approximate surface area is 113 Å². The Morgan fingerprint density at radius 2 is 1.72 bits per heavy atom. The van der Waals surface area contributed by atoms with Crippen LogP contribution in [0.25, 0.3) is 0 Å². The number of rotatable bonds is 1. The van der Waals surface area contributed by atoms with Gasteiger partial charge in [0.2, 0.25) is 0 Å². The van der Waals surface area contributed by atoms with Crippen LogP contribution in [0.1, 0.15) is 25.7 Å². The van der Waals surface area contributed by atoms with Gasteiger partial charge in [-0.2, -0.15) is 0 Å². The molecule has 0 spiro atoms. The van der Waals surface area contributed by atoms with Crippen LogP contribution in [0.5, 0.6) is 0 Å². The molecule has 0 N–H and O–H groups in total. The number of hydrogen-bond acceptors (Lipinski definition) is 3. The zero-order valence-corrected chi connectivity index (χ0v) is 14.3. The van der Waals surface area contributed by atoms with Gasteiger partial charge in [0, 0.05) is 12.5 Å². The number of ether oxygens (including phenoxy) is 1. The lowest BCUT2D eigenvalue weighted by Gasteiger charge is -2.45. The van der Waals surface area contributed by atoms with Gasteiger partial charge in [0.1, 0.15) is 23.1 Å². The van der Waals surface area contributed by atoms with Gasteiger partial charge in [-0.25, -0.2) is 0 Å². The molecule has 0 amide bonds. The molecule has 2 fully saturated rings. The topological polar surface area (TPSA) is 29.5 Å². The number of carbonyl (C=O) groups excluding carboxylic acids is 1. The lowest BCUT2D eigenvalue weighted by atomic mass is 10.1. The second-order valence-electron chi connectivity index (χ2n) is 7.08. The second kappa shape index (κ2) is 5.09. The molecule has 1 unspecified atom stereocenters. The molecular formula is C13H27NO2Si2. The predicted octanol–water partition coefficient (Wildman–Crippen LogP) is 3.20. The number of esters is 1. The monoisotopic (exact) mass is 285 g/mol. The first-order valence-electron chi connectivity index (χ1n) is 7.28. The van der Waals surface area contributed by atoms with E-state index >= 15 is 0 Å². The van der Waals surface area contributed by atoms with Crippen LogP contribution < -0.4 is 0 Å². The van der Waals surface area contributed by atoms with Crippen molar-refractivity contribution in [1.82, 2.24) is 4.23 Å². The first-order chi connectivity index (χ1) is 8.33. The molecule has 2 heterocycles. The van der Waals surface area contributed by atoms with Crippen molar-refractivity contribution in [3.05, 3.63) is 0 Å². The summed E-state index contributed by atoms with van der Waals surface area (Å²) in [5.74, 6) is 0.0119. The first-order valence-corrected chi connectivity index (χ1v) is 13.6. The molecule has 0 saturated carbocycles. The average Bonchev–Trinajstić information content (AvgIpc) is 2.46. The third-order valence-corrected chi connectivity index (χ3v) is 15.0. The van der Waals surface area contributed by atoms with Crippen molar-refractivity contribution in [2.45, 2.75) is 70.0 Å². The van der Waals surface area contributed by atoms with Gasteiger partial charge in [0.15, 0.2) is 0 Å². The minimum Gasteiger partial charge on any atom is -0.464 e. The van der Waals surface area contributed by atoms with Crippen molar-refractivity contribution in [1.29, 1.82) is 0 Å². The Morgan fingerprint density at radius 3 is 2.33 bits per heavy atom. The third kappa shape index (κ3) is 2.88. The van der Waals surface area contributed by atoms with Crippen molar-refractivity contribution < 1.29 is 9.53 Å². The molecule has 2 saturated heterocycles. The molecule has 0 aromatic carbocycles. The summed E-state index contributed by atoms with van der Waals surface area (Å²) in [7, 11) is -2.50. The molecule has 3 nitrogen and oxygen atoms in total. The largest absolute Gasteiger partial charge is 0.464 e. The van der Waals surface area contributed by atoms with Crippen LogP contribution in [0.3, 0.4) is 0 Å². The van der Waals surface area contributed by atoms with Crippen LogP contribution in [0.15, 0.2) is 0 Å². The van der Waals surface area contributed by atoms with E-state index in [1.54, 1.807) is 0 Å². The van der Waals surface area contributed by atoms with Gasteiger partial charge in [0.25, 0.3) is 0 Å². The SMILES string of the molecule is C[Si]1(C)CC[Si](C)(C)N1C1CCCCC(=O)OC1. The fraction of sp³-hybridized carbons (Fsp3) is 0.923. The van der Waals surface area contributed by atoms with Crippen LogP contribution in [-0.2, 0) is 9.53 Å². The lowest BCUT2D eigenvalue weighted by molar-refractivity contribution is -0.145. The Bertz CT molecular complexity index is 315. The van der Waals surface area contributed by atoms with Crippen LogP contribution in [-0.4, -0.2) is 39.3 Å². The van der Waals surface area contributed by atoms with Crippen molar-refractivity contribution in [2.75, 3.05) is 6.61 Å². The zero-order chi connectivity index (χ0) is 13.4. The van der Waals surface area contributed by atoms with Crippen molar-refractivity contribution in [3.8, 4) is 0 Å². The summed E-state index contributed by atoms with van der Waals surface area (Å²) in [6.07, 6.45) is 4.03. The Hall–Kier alpha value is -0.136. The maximum atomic E-state index is 11.5. The normalized spacial score (nSPS) is 32.7. The molecule has 0 aromatic rings. The highest BCUT2D eigenvalue weighted by Crippen LogP contribution is 2.39. The fourth-order valence-electron chi connectivity index (χ4n) is 3.86. The van der Waals surface area contributed by atoms with E-state index in [1.807, 2.05) is 0 Å². The van der Waals surface area contributed by atoms with Gasteiger partial charge in [0.05, 0.1) is 0 Å². The smallest absolute Gasteiger partial charge is 0.305 e. The molecule has 5 heteroatoms. The first kappa shape index (κ1) is 14.3. The highest BCUT2D eigenvalue weighted by atomic mass is 28.4.